The Kier molecular flexibility index (Phi) is 4.59. The molecule has 5 nitrogen and oxygen atoms in total. The van der Waals surface area contributed by atoms with Crippen molar-refractivity contribution in [2.24, 2.45) is 5.92 Å². The zero-order valence-electron chi connectivity index (χ0n) is 12.7. The molecule has 2 N–H and O–H groups in total. The highest BCUT2D eigenvalue weighted by molar-refractivity contribution is 7.22. The van der Waals surface area contributed by atoms with Crippen LogP contribution in [0.3, 0.4) is 0 Å². The van der Waals surface area contributed by atoms with Gasteiger partial charge in [-0.15, -0.1) is 0 Å². The van der Waals surface area contributed by atoms with Gasteiger partial charge in [0.1, 0.15) is 0 Å². The van der Waals surface area contributed by atoms with Gasteiger partial charge in [-0.2, -0.15) is 0 Å². The van der Waals surface area contributed by atoms with Crippen molar-refractivity contribution in [3.8, 4) is 0 Å². The van der Waals surface area contributed by atoms with Crippen molar-refractivity contribution in [3.63, 3.8) is 0 Å². The maximum atomic E-state index is 12.1. The van der Waals surface area contributed by atoms with E-state index >= 15 is 0 Å². The first-order valence-corrected chi connectivity index (χ1v) is 8.51. The highest BCUT2D eigenvalue weighted by Crippen LogP contribution is 2.31. The van der Waals surface area contributed by atoms with Crippen LogP contribution < -0.4 is 10.2 Å². The van der Waals surface area contributed by atoms with Crippen molar-refractivity contribution >= 4 is 32.6 Å². The number of hydrogen-bond donors (Lipinski definition) is 2. The van der Waals surface area contributed by atoms with E-state index in [9.17, 15) is 4.79 Å². The van der Waals surface area contributed by atoms with Gasteiger partial charge in [-0.25, -0.2) is 4.98 Å². The molecule has 3 rings (SSSR count). The van der Waals surface area contributed by atoms with E-state index in [1.165, 1.54) is 4.70 Å². The number of carbonyl (C=O) groups is 1. The van der Waals surface area contributed by atoms with E-state index in [2.05, 4.69) is 21.3 Å². The summed E-state index contributed by atoms with van der Waals surface area (Å²) in [7, 11) is 0. The van der Waals surface area contributed by atoms with Gasteiger partial charge in [0.2, 0.25) is 5.91 Å². The first-order chi connectivity index (χ1) is 10.7. The van der Waals surface area contributed by atoms with Crippen molar-refractivity contribution < 1.29 is 9.90 Å². The fourth-order valence-corrected chi connectivity index (χ4v) is 3.75. The van der Waals surface area contributed by atoms with Gasteiger partial charge in [-0.3, -0.25) is 4.79 Å². The maximum Gasteiger partial charge on any atom is 0.223 e. The van der Waals surface area contributed by atoms with Crippen LogP contribution in [0, 0.1) is 5.92 Å². The van der Waals surface area contributed by atoms with Gasteiger partial charge in [0.25, 0.3) is 0 Å². The number of benzene rings is 1. The molecule has 1 aliphatic heterocycles. The predicted octanol–water partition coefficient (Wildman–Crippen LogP) is 2.01. The third-order valence-electron chi connectivity index (χ3n) is 4.08. The van der Waals surface area contributed by atoms with Gasteiger partial charge in [-0.05, 0) is 31.9 Å². The number of nitrogens with one attached hydrogen (secondary N) is 1. The second kappa shape index (κ2) is 6.62. The third kappa shape index (κ3) is 3.23. The average molecular weight is 319 g/mol. The fourth-order valence-electron chi connectivity index (χ4n) is 2.73. The molecular weight excluding hydrogens is 298 g/mol. The molecule has 1 aliphatic rings. The van der Waals surface area contributed by atoms with Crippen LogP contribution in [0.5, 0.6) is 0 Å². The SMILES string of the molecule is CC(CO)NC(=O)C1CCN(c2nc3ccccc3s2)CC1. The normalized spacial score (nSPS) is 17.6. The van der Waals surface area contributed by atoms with Gasteiger partial charge in [0.05, 0.1) is 16.8 Å². The summed E-state index contributed by atoms with van der Waals surface area (Å²) < 4.78 is 1.20. The summed E-state index contributed by atoms with van der Waals surface area (Å²) in [5.41, 5.74) is 1.04. The molecule has 0 spiro atoms. The summed E-state index contributed by atoms with van der Waals surface area (Å²) in [4.78, 5) is 19.0. The summed E-state index contributed by atoms with van der Waals surface area (Å²) in [5.74, 6) is 0.102. The maximum absolute atomic E-state index is 12.1. The zero-order chi connectivity index (χ0) is 15.5. The second-order valence-electron chi connectivity index (χ2n) is 5.82. The molecule has 2 aromatic rings. The highest BCUT2D eigenvalue weighted by Gasteiger charge is 2.26. The number of carbonyl (C=O) groups excluding carboxylic acids is 1. The molecule has 6 heteroatoms. The molecule has 0 saturated carbocycles. The van der Waals surface area contributed by atoms with Gasteiger partial charge < -0.3 is 15.3 Å². The minimum atomic E-state index is -0.171. The number of aliphatic hydroxyl groups is 1. The number of para-hydroxylation sites is 1. The van der Waals surface area contributed by atoms with Crippen LogP contribution in [0.2, 0.25) is 0 Å². The molecule has 118 valence electrons. The number of aliphatic hydroxyl groups excluding tert-OH is 1. The molecule has 1 saturated heterocycles. The Morgan fingerprint density at radius 1 is 1.45 bits per heavy atom. The van der Waals surface area contributed by atoms with E-state index in [4.69, 9.17) is 5.11 Å². The van der Waals surface area contributed by atoms with Gasteiger partial charge in [0.15, 0.2) is 5.13 Å². The average Bonchev–Trinajstić information content (AvgIpc) is 2.98. The summed E-state index contributed by atoms with van der Waals surface area (Å²) in [6, 6.07) is 7.99. The fraction of sp³-hybridized carbons (Fsp3) is 0.500. The second-order valence-corrected chi connectivity index (χ2v) is 6.83. The van der Waals surface area contributed by atoms with Crippen molar-refractivity contribution in [3.05, 3.63) is 24.3 Å². The molecular formula is C16H21N3O2S. The Morgan fingerprint density at radius 3 is 2.86 bits per heavy atom. The quantitative estimate of drug-likeness (QED) is 0.905. The first kappa shape index (κ1) is 15.2. The number of piperidine rings is 1. The van der Waals surface area contributed by atoms with Crippen LogP contribution in [0.25, 0.3) is 10.2 Å². The standard InChI is InChI=1S/C16H21N3O2S/c1-11(10-20)17-15(21)12-6-8-19(9-7-12)16-18-13-4-2-3-5-14(13)22-16/h2-5,11-12,20H,6-10H2,1H3,(H,17,21). The van der Waals surface area contributed by atoms with E-state index in [1.807, 2.05) is 25.1 Å². The van der Waals surface area contributed by atoms with E-state index < -0.39 is 0 Å². The summed E-state index contributed by atoms with van der Waals surface area (Å²) in [6.45, 7) is 3.50. The highest BCUT2D eigenvalue weighted by atomic mass is 32.1. The number of amides is 1. The largest absolute Gasteiger partial charge is 0.394 e. The Bertz CT molecular complexity index is 617. The number of hydrogen-bond acceptors (Lipinski definition) is 5. The number of aromatic nitrogens is 1. The molecule has 0 aliphatic carbocycles. The van der Waals surface area contributed by atoms with Crippen LogP contribution in [-0.4, -0.2) is 41.7 Å². The summed E-state index contributed by atoms with van der Waals surface area (Å²) in [6.07, 6.45) is 1.67. The van der Waals surface area contributed by atoms with E-state index in [-0.39, 0.29) is 24.5 Å². The number of nitrogens with zero attached hydrogens (tertiary/aromatic N) is 2. The molecule has 1 amide bonds. The molecule has 2 heterocycles. The predicted molar refractivity (Wildman–Crippen MR) is 89.2 cm³/mol. The zero-order valence-corrected chi connectivity index (χ0v) is 13.5. The van der Waals surface area contributed by atoms with E-state index in [0.717, 1.165) is 36.6 Å². The van der Waals surface area contributed by atoms with Crippen molar-refractivity contribution in [1.29, 1.82) is 0 Å². The topological polar surface area (TPSA) is 65.5 Å². The minimum Gasteiger partial charge on any atom is -0.394 e. The Morgan fingerprint density at radius 2 is 2.18 bits per heavy atom. The number of thiazole rings is 1. The van der Waals surface area contributed by atoms with Crippen molar-refractivity contribution in [2.45, 2.75) is 25.8 Å². The minimum absolute atomic E-state index is 0.0176. The third-order valence-corrected chi connectivity index (χ3v) is 5.18. The molecule has 1 atom stereocenters. The smallest absolute Gasteiger partial charge is 0.223 e. The Balaban J connectivity index is 1.60. The van der Waals surface area contributed by atoms with E-state index in [1.54, 1.807) is 11.3 Å². The summed E-state index contributed by atoms with van der Waals surface area (Å²) >= 11 is 1.71. The molecule has 0 bridgehead atoms. The number of anilines is 1. The van der Waals surface area contributed by atoms with Gasteiger partial charge >= 0.3 is 0 Å². The van der Waals surface area contributed by atoms with Crippen molar-refractivity contribution in [1.82, 2.24) is 10.3 Å². The summed E-state index contributed by atoms with van der Waals surface area (Å²) in [5, 5.41) is 12.9. The molecule has 1 aromatic carbocycles. The molecule has 22 heavy (non-hydrogen) atoms. The lowest BCUT2D eigenvalue weighted by atomic mass is 9.96. The number of rotatable bonds is 4. The Hall–Kier alpha value is -1.66. The van der Waals surface area contributed by atoms with E-state index in [0.29, 0.717) is 0 Å². The van der Waals surface area contributed by atoms with Gasteiger partial charge in [-0.1, -0.05) is 23.5 Å². The van der Waals surface area contributed by atoms with Gasteiger partial charge in [0, 0.05) is 25.0 Å². The van der Waals surface area contributed by atoms with Crippen LogP contribution in [0.1, 0.15) is 19.8 Å². The van der Waals surface area contributed by atoms with Crippen LogP contribution in [-0.2, 0) is 4.79 Å². The number of fused-ring (bicyclic) bond motifs is 1. The Labute approximate surface area is 134 Å². The molecule has 1 aromatic heterocycles. The lowest BCUT2D eigenvalue weighted by Crippen LogP contribution is -2.44. The molecule has 1 fully saturated rings. The monoisotopic (exact) mass is 319 g/mol. The lowest BCUT2D eigenvalue weighted by Gasteiger charge is -2.31. The molecule has 1 unspecified atom stereocenters. The van der Waals surface area contributed by atoms with Crippen LogP contribution in [0.4, 0.5) is 5.13 Å². The van der Waals surface area contributed by atoms with Crippen LogP contribution >= 0.6 is 11.3 Å². The van der Waals surface area contributed by atoms with Crippen LogP contribution in [0.15, 0.2) is 24.3 Å². The van der Waals surface area contributed by atoms with Crippen molar-refractivity contribution in [2.75, 3.05) is 24.6 Å². The lowest BCUT2D eigenvalue weighted by molar-refractivity contribution is -0.126. The molecule has 0 radical (unpaired) electrons. The first-order valence-electron chi connectivity index (χ1n) is 7.69.